The van der Waals surface area contributed by atoms with Gasteiger partial charge in [0.15, 0.2) is 10.8 Å². The van der Waals surface area contributed by atoms with Crippen LogP contribution in [0.2, 0.25) is 5.15 Å². The predicted molar refractivity (Wildman–Crippen MR) is 68.5 cm³/mol. The smallest absolute Gasteiger partial charge is 0.246 e. The Bertz CT molecular complexity index is 593. The van der Waals surface area contributed by atoms with E-state index in [1.807, 2.05) is 0 Å². The molecule has 2 rings (SSSR count). The van der Waals surface area contributed by atoms with Crippen LogP contribution in [0.3, 0.4) is 0 Å². The van der Waals surface area contributed by atoms with E-state index in [1.54, 1.807) is 20.9 Å². The van der Waals surface area contributed by atoms with Gasteiger partial charge in [-0.05, 0) is 20.9 Å². The van der Waals surface area contributed by atoms with E-state index in [0.29, 0.717) is 11.2 Å². The van der Waals surface area contributed by atoms with Crippen LogP contribution in [-0.4, -0.2) is 38.4 Å². The number of nitrogens with one attached hydrogen (secondary N) is 3. The monoisotopic (exact) mass is 268 g/mol. The molecule has 0 aliphatic rings. The molecule has 18 heavy (non-hydrogen) atoms. The van der Waals surface area contributed by atoms with Crippen LogP contribution < -0.4 is 10.6 Å². The molecule has 2 heterocycles. The highest BCUT2D eigenvalue weighted by Gasteiger charge is 2.26. The van der Waals surface area contributed by atoms with E-state index < -0.39 is 5.54 Å². The molecule has 96 valence electrons. The number of aromatic nitrogens is 4. The van der Waals surface area contributed by atoms with Crippen molar-refractivity contribution in [2.75, 3.05) is 12.4 Å². The summed E-state index contributed by atoms with van der Waals surface area (Å²) in [4.78, 5) is 26.8. The second kappa shape index (κ2) is 4.51. The zero-order valence-corrected chi connectivity index (χ0v) is 11.0. The number of carbonyl (C=O) groups excluding carboxylic acids is 1. The normalized spacial score (nSPS) is 11.8. The van der Waals surface area contributed by atoms with E-state index in [9.17, 15) is 4.79 Å². The Kier molecular flexibility index (Phi) is 3.18. The van der Waals surface area contributed by atoms with Crippen molar-refractivity contribution in [2.45, 2.75) is 19.4 Å². The Balaban J connectivity index is 2.30. The summed E-state index contributed by atoms with van der Waals surface area (Å²) in [6, 6.07) is 0. The quantitative estimate of drug-likeness (QED) is 0.720. The van der Waals surface area contributed by atoms with Crippen LogP contribution in [0.1, 0.15) is 13.8 Å². The van der Waals surface area contributed by atoms with E-state index in [-0.39, 0.29) is 17.0 Å². The fourth-order valence-electron chi connectivity index (χ4n) is 1.23. The van der Waals surface area contributed by atoms with Gasteiger partial charge in [-0.1, -0.05) is 11.6 Å². The van der Waals surface area contributed by atoms with Crippen molar-refractivity contribution < 1.29 is 4.79 Å². The molecule has 0 saturated heterocycles. The molecule has 0 saturated carbocycles. The summed E-state index contributed by atoms with van der Waals surface area (Å²) in [6.45, 7) is 3.49. The van der Waals surface area contributed by atoms with Crippen molar-refractivity contribution in [2.24, 2.45) is 0 Å². The average molecular weight is 269 g/mol. The van der Waals surface area contributed by atoms with E-state index >= 15 is 0 Å². The lowest BCUT2D eigenvalue weighted by atomic mass is 10.1. The third-order valence-corrected chi connectivity index (χ3v) is 2.93. The maximum atomic E-state index is 11.9. The van der Waals surface area contributed by atoms with Crippen molar-refractivity contribution >= 4 is 34.6 Å². The number of fused-ring (bicyclic) bond motifs is 1. The fraction of sp³-hybridized carbons (Fsp3) is 0.400. The summed E-state index contributed by atoms with van der Waals surface area (Å²) >= 11 is 5.95. The predicted octanol–water partition coefficient (Wildman–Crippen LogP) is 0.943. The Labute approximate surface area is 108 Å². The molecule has 7 nitrogen and oxygen atoms in total. The molecule has 0 atom stereocenters. The lowest BCUT2D eigenvalue weighted by Crippen LogP contribution is -2.48. The molecule has 0 aromatic carbocycles. The second-order valence-electron chi connectivity index (χ2n) is 4.27. The van der Waals surface area contributed by atoms with Crippen molar-refractivity contribution in [3.05, 3.63) is 11.5 Å². The molecule has 0 aliphatic carbocycles. The van der Waals surface area contributed by atoms with Crippen LogP contribution in [0.15, 0.2) is 6.33 Å². The van der Waals surface area contributed by atoms with Gasteiger partial charge in [-0.2, -0.15) is 9.97 Å². The molecule has 3 N–H and O–H groups in total. The number of carbonyl (C=O) groups is 1. The summed E-state index contributed by atoms with van der Waals surface area (Å²) in [7, 11) is 1.70. The van der Waals surface area contributed by atoms with E-state index in [4.69, 9.17) is 11.6 Å². The molecule has 0 bridgehead atoms. The highest BCUT2D eigenvalue weighted by atomic mass is 35.5. The number of hydrogen-bond acceptors (Lipinski definition) is 5. The summed E-state index contributed by atoms with van der Waals surface area (Å²) in [5, 5.41) is 5.70. The summed E-state index contributed by atoms with van der Waals surface area (Å²) < 4.78 is 0. The minimum absolute atomic E-state index is 0.132. The first-order valence-corrected chi connectivity index (χ1v) is 5.69. The molecule has 0 unspecified atom stereocenters. The number of aromatic amines is 1. The van der Waals surface area contributed by atoms with Crippen molar-refractivity contribution in [1.82, 2.24) is 25.3 Å². The number of hydrogen-bond donors (Lipinski definition) is 3. The van der Waals surface area contributed by atoms with E-state index in [0.717, 1.165) is 0 Å². The van der Waals surface area contributed by atoms with Gasteiger partial charge in [-0.25, -0.2) is 4.98 Å². The summed E-state index contributed by atoms with van der Waals surface area (Å²) in [5.74, 6) is -0.121. The summed E-state index contributed by atoms with van der Waals surface area (Å²) in [6.07, 6.45) is 1.47. The molecule has 0 spiro atoms. The maximum Gasteiger partial charge on any atom is 0.246 e. The summed E-state index contributed by atoms with van der Waals surface area (Å²) in [5.41, 5.74) is 0.228. The molecule has 0 aliphatic heterocycles. The van der Waals surface area contributed by atoms with Gasteiger partial charge >= 0.3 is 0 Å². The number of rotatable bonds is 3. The van der Waals surface area contributed by atoms with Crippen LogP contribution >= 0.6 is 11.6 Å². The number of nitrogens with zero attached hydrogens (tertiary/aromatic N) is 3. The Morgan fingerprint density at radius 2 is 2.17 bits per heavy atom. The number of amides is 1. The van der Waals surface area contributed by atoms with Gasteiger partial charge in [0.05, 0.1) is 11.9 Å². The SMILES string of the molecule is CNC(C)(C)C(=O)Nc1nc(Cl)c2[nH]cnc2n1. The molecular weight excluding hydrogens is 256 g/mol. The topological polar surface area (TPSA) is 95.6 Å². The molecule has 1 amide bonds. The molecule has 0 fully saturated rings. The van der Waals surface area contributed by atoms with Crippen LogP contribution in [0.25, 0.3) is 11.2 Å². The first-order chi connectivity index (χ1) is 8.44. The Morgan fingerprint density at radius 1 is 1.44 bits per heavy atom. The minimum atomic E-state index is -0.726. The number of halogens is 1. The zero-order chi connectivity index (χ0) is 13.3. The van der Waals surface area contributed by atoms with Gasteiger partial charge in [-0.3, -0.25) is 10.1 Å². The number of H-pyrrole nitrogens is 1. The zero-order valence-electron chi connectivity index (χ0n) is 10.2. The standard InChI is InChI=1S/C10H13ClN6O/c1-10(2,12-3)8(18)17-9-15-6(11)5-7(16-9)14-4-13-5/h4,12H,1-3H3,(H2,13,14,15,16,17,18). The number of anilines is 1. The van der Waals surface area contributed by atoms with Crippen molar-refractivity contribution in [3.63, 3.8) is 0 Å². The lowest BCUT2D eigenvalue weighted by molar-refractivity contribution is -0.121. The highest BCUT2D eigenvalue weighted by molar-refractivity contribution is 6.33. The minimum Gasteiger partial charge on any atom is -0.341 e. The fourth-order valence-corrected chi connectivity index (χ4v) is 1.44. The van der Waals surface area contributed by atoms with E-state index in [2.05, 4.69) is 30.6 Å². The van der Waals surface area contributed by atoms with Gasteiger partial charge < -0.3 is 10.3 Å². The van der Waals surface area contributed by atoms with Gasteiger partial charge in [0, 0.05) is 0 Å². The van der Waals surface area contributed by atoms with Crippen LogP contribution in [-0.2, 0) is 4.79 Å². The van der Waals surface area contributed by atoms with Crippen LogP contribution in [0.5, 0.6) is 0 Å². The average Bonchev–Trinajstić information content (AvgIpc) is 2.77. The third-order valence-electron chi connectivity index (χ3n) is 2.66. The van der Waals surface area contributed by atoms with Gasteiger partial charge in [0.2, 0.25) is 11.9 Å². The van der Waals surface area contributed by atoms with E-state index in [1.165, 1.54) is 6.33 Å². The molecule has 2 aromatic rings. The maximum absolute atomic E-state index is 11.9. The van der Waals surface area contributed by atoms with Crippen molar-refractivity contribution in [1.29, 1.82) is 0 Å². The van der Waals surface area contributed by atoms with Crippen molar-refractivity contribution in [3.8, 4) is 0 Å². The lowest BCUT2D eigenvalue weighted by Gasteiger charge is -2.21. The van der Waals surface area contributed by atoms with Crippen LogP contribution in [0.4, 0.5) is 5.95 Å². The molecule has 2 aromatic heterocycles. The Morgan fingerprint density at radius 3 is 2.83 bits per heavy atom. The van der Waals surface area contributed by atoms with Gasteiger partial charge in [-0.15, -0.1) is 0 Å². The second-order valence-corrected chi connectivity index (χ2v) is 4.63. The largest absolute Gasteiger partial charge is 0.341 e. The highest BCUT2D eigenvalue weighted by Crippen LogP contribution is 2.18. The molecular formula is C10H13ClN6O. The first-order valence-electron chi connectivity index (χ1n) is 5.31. The molecule has 0 radical (unpaired) electrons. The van der Waals surface area contributed by atoms with Crippen LogP contribution in [0, 0.1) is 0 Å². The van der Waals surface area contributed by atoms with Gasteiger partial charge in [0.1, 0.15) is 5.52 Å². The number of likely N-dealkylation sites (N-methyl/N-ethyl adjacent to an activating group) is 1. The molecule has 8 heteroatoms. The van der Waals surface area contributed by atoms with Gasteiger partial charge in [0.25, 0.3) is 0 Å². The number of imidazole rings is 1. The Hall–Kier alpha value is -1.73. The first kappa shape index (κ1) is 12.7. The third kappa shape index (κ3) is 2.27.